The molecular formula is C27H34FN7. The van der Waals surface area contributed by atoms with Gasteiger partial charge in [-0.25, -0.2) is 18.9 Å². The van der Waals surface area contributed by atoms with Gasteiger partial charge in [0.05, 0.1) is 17.2 Å². The number of likely N-dealkylation sites (tertiary alicyclic amines) is 1. The summed E-state index contributed by atoms with van der Waals surface area (Å²) in [4.78, 5) is 11.6. The fourth-order valence-electron chi connectivity index (χ4n) is 6.36. The molecule has 0 unspecified atom stereocenters. The van der Waals surface area contributed by atoms with Crippen LogP contribution in [0, 0.1) is 24.1 Å². The third-order valence-electron chi connectivity index (χ3n) is 7.60. The van der Waals surface area contributed by atoms with Crippen LogP contribution in [0.25, 0.3) is 27.7 Å². The van der Waals surface area contributed by atoms with E-state index in [-0.39, 0.29) is 11.9 Å². The molecule has 7 nitrogen and oxygen atoms in total. The second kappa shape index (κ2) is 8.01. The van der Waals surface area contributed by atoms with E-state index in [2.05, 4.69) is 52.4 Å². The van der Waals surface area contributed by atoms with E-state index in [0.717, 1.165) is 33.9 Å². The van der Waals surface area contributed by atoms with Gasteiger partial charge in [0.25, 0.3) is 0 Å². The highest BCUT2D eigenvalue weighted by molar-refractivity contribution is 5.88. The number of halogens is 1. The van der Waals surface area contributed by atoms with Gasteiger partial charge in [-0.2, -0.15) is 0 Å². The van der Waals surface area contributed by atoms with Crippen molar-refractivity contribution in [1.82, 2.24) is 29.0 Å². The van der Waals surface area contributed by atoms with Crippen molar-refractivity contribution in [3.05, 3.63) is 42.2 Å². The largest absolute Gasteiger partial charge is 0.350 e. The van der Waals surface area contributed by atoms with Gasteiger partial charge in [0.2, 0.25) is 5.95 Å². The van der Waals surface area contributed by atoms with E-state index in [9.17, 15) is 0 Å². The van der Waals surface area contributed by atoms with Gasteiger partial charge in [-0.3, -0.25) is 0 Å². The maximum Gasteiger partial charge on any atom is 0.241 e. The van der Waals surface area contributed by atoms with Gasteiger partial charge in [0.1, 0.15) is 11.3 Å². The number of nitrogens with zero attached hydrogens (tertiary/aromatic N) is 6. The molecule has 184 valence electrons. The quantitative estimate of drug-likeness (QED) is 0.410. The standard InChI is InChI=1S/C27H34FN7/c1-16(2)13-33-14-27(15-33)10-20(11-27)31-26-29-12-24-21(6-7-34(24)32-26)19-8-22(28)25-23(9-19)35(17(3)4)18(5)30-25/h6-9,12,16-17,20H,10-11,13-15H2,1-5H3,(H,31,32). The van der Waals surface area contributed by atoms with E-state index in [1.54, 1.807) is 6.07 Å². The van der Waals surface area contributed by atoms with E-state index in [0.29, 0.717) is 22.9 Å². The molecule has 1 N–H and O–H groups in total. The Balaban J connectivity index is 1.21. The molecule has 4 heterocycles. The Morgan fingerprint density at radius 3 is 2.63 bits per heavy atom. The van der Waals surface area contributed by atoms with Crippen LogP contribution >= 0.6 is 0 Å². The third kappa shape index (κ3) is 3.78. The predicted octanol–water partition coefficient (Wildman–Crippen LogP) is 5.31. The molecule has 1 aliphatic heterocycles. The lowest BCUT2D eigenvalue weighted by molar-refractivity contribution is -0.0711. The minimum absolute atomic E-state index is 0.196. The Hall–Kier alpha value is -3.00. The van der Waals surface area contributed by atoms with Crippen LogP contribution in [0.2, 0.25) is 0 Å². The molecule has 2 aliphatic rings. The van der Waals surface area contributed by atoms with Crippen molar-refractivity contribution in [2.24, 2.45) is 11.3 Å². The summed E-state index contributed by atoms with van der Waals surface area (Å²) < 4.78 is 18.9. The topological polar surface area (TPSA) is 63.3 Å². The summed E-state index contributed by atoms with van der Waals surface area (Å²) in [6, 6.07) is 6.19. The second-order valence-corrected chi connectivity index (χ2v) is 11.4. The summed E-state index contributed by atoms with van der Waals surface area (Å²) in [6.45, 7) is 14.3. The van der Waals surface area contributed by atoms with Crippen LogP contribution in [0.5, 0.6) is 0 Å². The van der Waals surface area contributed by atoms with Crippen molar-refractivity contribution in [1.29, 1.82) is 0 Å². The molecule has 0 atom stereocenters. The zero-order valence-electron chi connectivity index (χ0n) is 21.2. The van der Waals surface area contributed by atoms with Crippen LogP contribution in [0.3, 0.4) is 0 Å². The zero-order chi connectivity index (χ0) is 24.5. The van der Waals surface area contributed by atoms with Gasteiger partial charge in [-0.05, 0) is 68.7 Å². The summed E-state index contributed by atoms with van der Waals surface area (Å²) in [5.41, 5.74) is 4.31. The van der Waals surface area contributed by atoms with E-state index >= 15 is 4.39 Å². The van der Waals surface area contributed by atoms with Crippen molar-refractivity contribution in [2.75, 3.05) is 25.0 Å². The Morgan fingerprint density at radius 2 is 1.91 bits per heavy atom. The van der Waals surface area contributed by atoms with Crippen LogP contribution in [0.1, 0.15) is 52.4 Å². The van der Waals surface area contributed by atoms with Crippen molar-refractivity contribution >= 4 is 22.5 Å². The lowest BCUT2D eigenvalue weighted by Gasteiger charge is -2.59. The summed E-state index contributed by atoms with van der Waals surface area (Å²) in [7, 11) is 0. The number of anilines is 1. The summed E-state index contributed by atoms with van der Waals surface area (Å²) in [5.74, 6) is 1.89. The molecule has 6 rings (SSSR count). The molecule has 1 saturated heterocycles. The van der Waals surface area contributed by atoms with E-state index in [4.69, 9.17) is 5.10 Å². The van der Waals surface area contributed by atoms with Gasteiger partial charge in [-0.15, -0.1) is 5.10 Å². The molecule has 1 saturated carbocycles. The van der Waals surface area contributed by atoms with E-state index < -0.39 is 0 Å². The van der Waals surface area contributed by atoms with Gasteiger partial charge >= 0.3 is 0 Å². The van der Waals surface area contributed by atoms with Crippen LogP contribution in [0.4, 0.5) is 10.3 Å². The molecule has 1 aromatic carbocycles. The number of fused-ring (bicyclic) bond motifs is 2. The monoisotopic (exact) mass is 475 g/mol. The minimum Gasteiger partial charge on any atom is -0.350 e. The Kier molecular flexibility index (Phi) is 5.14. The fraction of sp³-hybridized carbons (Fsp3) is 0.519. The number of nitrogens with one attached hydrogen (secondary N) is 1. The van der Waals surface area contributed by atoms with Crippen LogP contribution in [-0.4, -0.2) is 54.7 Å². The molecule has 1 aliphatic carbocycles. The first-order valence-corrected chi connectivity index (χ1v) is 12.7. The first-order valence-electron chi connectivity index (χ1n) is 12.7. The van der Waals surface area contributed by atoms with Crippen LogP contribution in [-0.2, 0) is 0 Å². The molecule has 3 aromatic heterocycles. The third-order valence-corrected chi connectivity index (χ3v) is 7.60. The molecule has 2 fully saturated rings. The highest BCUT2D eigenvalue weighted by Crippen LogP contribution is 2.49. The molecule has 0 bridgehead atoms. The predicted molar refractivity (Wildman–Crippen MR) is 137 cm³/mol. The summed E-state index contributed by atoms with van der Waals surface area (Å²) in [5, 5.41) is 8.22. The number of hydrogen-bond donors (Lipinski definition) is 1. The molecular weight excluding hydrogens is 441 g/mol. The van der Waals surface area contributed by atoms with Crippen LogP contribution < -0.4 is 5.32 Å². The number of rotatable bonds is 6. The highest BCUT2D eigenvalue weighted by Gasteiger charge is 2.52. The van der Waals surface area contributed by atoms with Crippen molar-refractivity contribution in [2.45, 2.75) is 59.5 Å². The Labute approximate surface area is 205 Å². The molecule has 0 amide bonds. The van der Waals surface area contributed by atoms with E-state index in [1.165, 1.54) is 32.5 Å². The SMILES string of the molecule is Cc1nc2c(F)cc(-c3ccn4nc(NC5CC6(C5)CN(CC(C)C)C6)ncc34)cc2n1C(C)C. The Morgan fingerprint density at radius 1 is 1.14 bits per heavy atom. The number of aromatic nitrogens is 5. The molecule has 35 heavy (non-hydrogen) atoms. The Bertz CT molecular complexity index is 1400. The fourth-order valence-corrected chi connectivity index (χ4v) is 6.36. The average molecular weight is 476 g/mol. The lowest BCUT2D eigenvalue weighted by Crippen LogP contribution is -2.65. The zero-order valence-corrected chi connectivity index (χ0v) is 21.2. The average Bonchev–Trinajstić information content (AvgIpc) is 3.30. The molecule has 4 aromatic rings. The van der Waals surface area contributed by atoms with Crippen molar-refractivity contribution in [3.63, 3.8) is 0 Å². The van der Waals surface area contributed by atoms with E-state index in [1.807, 2.05) is 36.0 Å². The summed E-state index contributed by atoms with van der Waals surface area (Å²) in [6.07, 6.45) is 6.12. The van der Waals surface area contributed by atoms with Gasteiger partial charge in [0, 0.05) is 43.5 Å². The summed E-state index contributed by atoms with van der Waals surface area (Å²) >= 11 is 0. The second-order valence-electron chi connectivity index (χ2n) is 11.4. The van der Waals surface area contributed by atoms with Crippen molar-refractivity contribution in [3.8, 4) is 11.1 Å². The van der Waals surface area contributed by atoms with Crippen molar-refractivity contribution < 1.29 is 4.39 Å². The van der Waals surface area contributed by atoms with Gasteiger partial charge < -0.3 is 14.8 Å². The lowest BCUT2D eigenvalue weighted by atomic mass is 9.60. The number of imidazole rings is 1. The first kappa shape index (κ1) is 22.5. The maximum atomic E-state index is 15.0. The normalized spacial score (nSPS) is 18.2. The number of aryl methyl sites for hydroxylation is 1. The highest BCUT2D eigenvalue weighted by atomic mass is 19.1. The number of benzene rings is 1. The molecule has 1 spiro atoms. The first-order chi connectivity index (χ1) is 16.7. The maximum absolute atomic E-state index is 15.0. The smallest absolute Gasteiger partial charge is 0.241 e. The number of hydrogen-bond acceptors (Lipinski definition) is 5. The molecule has 0 radical (unpaired) electrons. The molecule has 8 heteroatoms. The van der Waals surface area contributed by atoms with Crippen LogP contribution in [0.15, 0.2) is 30.6 Å². The minimum atomic E-state index is -0.305. The van der Waals surface area contributed by atoms with Gasteiger partial charge in [-0.1, -0.05) is 13.8 Å². The van der Waals surface area contributed by atoms with Gasteiger partial charge in [0.15, 0.2) is 5.82 Å².